The molecule has 1 aromatic rings. The summed E-state index contributed by atoms with van der Waals surface area (Å²) in [5.41, 5.74) is -0.0657. The molecule has 1 N–H and O–H groups in total. The molecule has 15 heavy (non-hydrogen) atoms. The molecule has 0 spiro atoms. The Hall–Kier alpha value is -1.42. The van der Waals surface area contributed by atoms with Crippen molar-refractivity contribution in [3.63, 3.8) is 0 Å². The molecule has 0 heterocycles. The van der Waals surface area contributed by atoms with E-state index >= 15 is 0 Å². The van der Waals surface area contributed by atoms with E-state index in [1.54, 1.807) is 0 Å². The number of halogens is 2. The zero-order chi connectivity index (χ0) is 11.2. The van der Waals surface area contributed by atoms with Gasteiger partial charge in [0.1, 0.15) is 5.82 Å². The lowest BCUT2D eigenvalue weighted by molar-refractivity contribution is -0.138. The monoisotopic (exact) mass is 228 g/mol. The molecule has 0 aliphatic heterocycles. The van der Waals surface area contributed by atoms with Crippen molar-refractivity contribution in [3.8, 4) is 0 Å². The highest BCUT2D eigenvalue weighted by atomic mass is 35.5. The van der Waals surface area contributed by atoms with Crippen molar-refractivity contribution in [1.29, 1.82) is 0 Å². The maximum Gasteiger partial charge on any atom is 0.311 e. The minimum atomic E-state index is -1.16. The molecular formula is C10H6ClFO3. The van der Waals surface area contributed by atoms with Crippen molar-refractivity contribution in [3.05, 3.63) is 34.1 Å². The molecule has 3 nitrogen and oxygen atoms in total. The molecule has 1 unspecified atom stereocenters. The molecule has 1 aromatic carbocycles. The fraction of sp³-hybridized carbons (Fsp3) is 0.200. The Bertz CT molecular complexity index is 470. The van der Waals surface area contributed by atoms with E-state index in [0.717, 1.165) is 6.07 Å². The molecule has 0 radical (unpaired) electrons. The van der Waals surface area contributed by atoms with E-state index in [2.05, 4.69) is 0 Å². The van der Waals surface area contributed by atoms with Gasteiger partial charge in [0.2, 0.25) is 0 Å². The van der Waals surface area contributed by atoms with E-state index in [1.165, 1.54) is 6.07 Å². The number of aliphatic carboxylic acids is 1. The van der Waals surface area contributed by atoms with Crippen molar-refractivity contribution in [2.75, 3.05) is 0 Å². The Labute approximate surface area is 89.5 Å². The van der Waals surface area contributed by atoms with Crippen LogP contribution >= 0.6 is 11.6 Å². The summed E-state index contributed by atoms with van der Waals surface area (Å²) in [4.78, 5) is 22.2. The first kappa shape index (κ1) is 10.1. The first-order valence-corrected chi connectivity index (χ1v) is 4.64. The van der Waals surface area contributed by atoms with E-state index in [9.17, 15) is 14.0 Å². The van der Waals surface area contributed by atoms with E-state index in [1.807, 2.05) is 0 Å². The molecule has 1 aliphatic rings. The third kappa shape index (κ3) is 1.41. The van der Waals surface area contributed by atoms with Gasteiger partial charge in [0.25, 0.3) is 0 Å². The van der Waals surface area contributed by atoms with Crippen LogP contribution in [-0.2, 0) is 4.79 Å². The number of hydrogen-bond donors (Lipinski definition) is 1. The lowest BCUT2D eigenvalue weighted by Gasteiger charge is -2.06. The number of carbonyl (C=O) groups excluding carboxylic acids is 1. The molecule has 2 rings (SSSR count). The van der Waals surface area contributed by atoms with Crippen LogP contribution in [0.2, 0.25) is 5.02 Å². The average molecular weight is 229 g/mol. The Morgan fingerprint density at radius 1 is 1.53 bits per heavy atom. The predicted molar refractivity (Wildman–Crippen MR) is 50.7 cm³/mol. The third-order valence-corrected chi connectivity index (χ3v) is 2.79. The average Bonchev–Trinajstić information content (AvgIpc) is 2.51. The van der Waals surface area contributed by atoms with Crippen LogP contribution in [0.1, 0.15) is 28.3 Å². The van der Waals surface area contributed by atoms with E-state index in [4.69, 9.17) is 16.7 Å². The van der Waals surface area contributed by atoms with Gasteiger partial charge in [-0.15, -0.1) is 0 Å². The molecular weight excluding hydrogens is 223 g/mol. The summed E-state index contributed by atoms with van der Waals surface area (Å²) in [6.07, 6.45) is -0.217. The number of benzene rings is 1. The third-order valence-electron chi connectivity index (χ3n) is 2.46. The summed E-state index contributed by atoms with van der Waals surface area (Å²) in [7, 11) is 0. The number of carboxylic acid groups (broad SMARTS) is 1. The maximum absolute atomic E-state index is 13.3. The van der Waals surface area contributed by atoms with Gasteiger partial charge in [0.15, 0.2) is 5.78 Å². The van der Waals surface area contributed by atoms with Crippen LogP contribution in [0.4, 0.5) is 4.39 Å². The molecule has 0 fully saturated rings. The molecule has 1 aliphatic carbocycles. The summed E-state index contributed by atoms with van der Waals surface area (Å²) in [6.45, 7) is 0. The van der Waals surface area contributed by atoms with Gasteiger partial charge in [-0.3, -0.25) is 9.59 Å². The number of carbonyl (C=O) groups is 2. The summed E-state index contributed by atoms with van der Waals surface area (Å²) < 4.78 is 13.3. The molecule has 0 bridgehead atoms. The molecule has 0 saturated carbocycles. The summed E-state index contributed by atoms with van der Waals surface area (Å²) in [5.74, 6) is -3.38. The second-order valence-electron chi connectivity index (χ2n) is 3.34. The van der Waals surface area contributed by atoms with Gasteiger partial charge in [-0.1, -0.05) is 11.6 Å². The van der Waals surface area contributed by atoms with Crippen LogP contribution in [0.25, 0.3) is 0 Å². The topological polar surface area (TPSA) is 54.4 Å². The highest BCUT2D eigenvalue weighted by Gasteiger charge is 2.38. The van der Waals surface area contributed by atoms with Crippen LogP contribution in [0, 0.1) is 5.82 Å². The molecule has 1 atom stereocenters. The first-order chi connectivity index (χ1) is 7.02. The largest absolute Gasteiger partial charge is 0.481 e. The van der Waals surface area contributed by atoms with Crippen LogP contribution in [0.15, 0.2) is 12.1 Å². The zero-order valence-corrected chi connectivity index (χ0v) is 8.21. The van der Waals surface area contributed by atoms with Gasteiger partial charge < -0.3 is 5.11 Å². The highest BCUT2D eigenvalue weighted by Crippen LogP contribution is 2.39. The van der Waals surface area contributed by atoms with E-state index < -0.39 is 23.5 Å². The molecule has 5 heteroatoms. The van der Waals surface area contributed by atoms with E-state index in [-0.39, 0.29) is 22.6 Å². The molecule has 78 valence electrons. The van der Waals surface area contributed by atoms with Crippen LogP contribution < -0.4 is 0 Å². The Morgan fingerprint density at radius 3 is 2.80 bits per heavy atom. The lowest BCUT2D eigenvalue weighted by atomic mass is 10.0. The first-order valence-electron chi connectivity index (χ1n) is 4.26. The maximum atomic E-state index is 13.3. The van der Waals surface area contributed by atoms with Gasteiger partial charge in [0.05, 0.1) is 11.5 Å². The van der Waals surface area contributed by atoms with Crippen LogP contribution in [-0.4, -0.2) is 16.9 Å². The van der Waals surface area contributed by atoms with Crippen molar-refractivity contribution in [1.82, 2.24) is 0 Å². The number of ketones is 1. The number of carboxylic acids is 1. The van der Waals surface area contributed by atoms with Crippen molar-refractivity contribution < 1.29 is 19.1 Å². The zero-order valence-electron chi connectivity index (χ0n) is 7.46. The smallest absolute Gasteiger partial charge is 0.311 e. The number of rotatable bonds is 1. The Balaban J connectivity index is 2.69. The van der Waals surface area contributed by atoms with Gasteiger partial charge in [0, 0.05) is 11.4 Å². The predicted octanol–water partition coefficient (Wildman–Crippen LogP) is 2.23. The fourth-order valence-corrected chi connectivity index (χ4v) is 2.08. The molecule has 0 saturated heterocycles. The fourth-order valence-electron chi connectivity index (χ4n) is 1.79. The van der Waals surface area contributed by atoms with Gasteiger partial charge in [-0.05, 0) is 17.7 Å². The SMILES string of the molecule is O=C1CC(C(=O)O)c2c(Cl)ccc(F)c21. The van der Waals surface area contributed by atoms with Gasteiger partial charge in [-0.25, -0.2) is 4.39 Å². The molecule has 0 aromatic heterocycles. The van der Waals surface area contributed by atoms with Crippen molar-refractivity contribution >= 4 is 23.4 Å². The standard InChI is InChI=1S/C10H6ClFO3/c11-5-1-2-6(12)9-7(13)3-4(8(5)9)10(14)15/h1-2,4H,3H2,(H,14,15). The quantitative estimate of drug-likeness (QED) is 0.802. The van der Waals surface area contributed by atoms with Crippen LogP contribution in [0.3, 0.4) is 0 Å². The van der Waals surface area contributed by atoms with Crippen LogP contribution in [0.5, 0.6) is 0 Å². The van der Waals surface area contributed by atoms with E-state index in [0.29, 0.717) is 0 Å². The second-order valence-corrected chi connectivity index (χ2v) is 3.74. The lowest BCUT2D eigenvalue weighted by Crippen LogP contribution is -2.08. The normalized spacial score (nSPS) is 19.1. The Morgan fingerprint density at radius 2 is 2.20 bits per heavy atom. The number of fused-ring (bicyclic) bond motifs is 1. The van der Waals surface area contributed by atoms with Gasteiger partial charge in [-0.2, -0.15) is 0 Å². The second kappa shape index (κ2) is 3.31. The summed E-state index contributed by atoms with van der Waals surface area (Å²) in [5, 5.41) is 8.99. The molecule has 0 amide bonds. The Kier molecular flexibility index (Phi) is 2.23. The minimum Gasteiger partial charge on any atom is -0.481 e. The minimum absolute atomic E-state index is 0.106. The van der Waals surface area contributed by atoms with Crippen molar-refractivity contribution in [2.45, 2.75) is 12.3 Å². The highest BCUT2D eigenvalue weighted by molar-refractivity contribution is 6.32. The van der Waals surface area contributed by atoms with Gasteiger partial charge >= 0.3 is 5.97 Å². The number of hydrogen-bond acceptors (Lipinski definition) is 2. The summed E-state index contributed by atoms with van der Waals surface area (Å²) >= 11 is 5.76. The summed E-state index contributed by atoms with van der Waals surface area (Å²) in [6, 6.07) is 2.34. The number of Topliss-reactive ketones (excluding diaryl/α,β-unsaturated/α-hetero) is 1. The van der Waals surface area contributed by atoms with Crippen molar-refractivity contribution in [2.24, 2.45) is 0 Å².